The normalized spacial score (nSPS) is 23.3. The second kappa shape index (κ2) is 9.13. The topological polar surface area (TPSA) is 71.3 Å². The number of nitrogens with zero attached hydrogens (tertiary/aromatic N) is 4. The van der Waals surface area contributed by atoms with Crippen molar-refractivity contribution >= 4 is 17.3 Å². The van der Waals surface area contributed by atoms with E-state index in [-0.39, 0.29) is 12.2 Å². The standard InChI is InChI=1S/C26H30FN5O3/c27-26(7-1-8-28-18-26)21-4-2-19(3-5-21)20-14-24-23(6-9-29-32(24)15-20)30-10-12-31(13-11-30)25(33)35-22-16-34-17-22/h2-6,9,14-15,22,28H,1,7-8,10-13,16-18H2/t26-/m0/s1. The molecule has 1 aromatic carbocycles. The van der Waals surface area contributed by atoms with Gasteiger partial charge < -0.3 is 24.6 Å². The van der Waals surface area contributed by atoms with Crippen molar-refractivity contribution in [3.8, 4) is 11.1 Å². The van der Waals surface area contributed by atoms with Gasteiger partial charge in [-0.3, -0.25) is 0 Å². The fourth-order valence-corrected chi connectivity index (χ4v) is 5.13. The molecule has 0 aliphatic carbocycles. The van der Waals surface area contributed by atoms with Crippen LogP contribution in [0.2, 0.25) is 0 Å². The van der Waals surface area contributed by atoms with Crippen molar-refractivity contribution in [2.24, 2.45) is 0 Å². The van der Waals surface area contributed by atoms with Crippen molar-refractivity contribution < 1.29 is 18.7 Å². The van der Waals surface area contributed by atoms with Crippen LogP contribution < -0.4 is 10.2 Å². The zero-order valence-electron chi connectivity index (χ0n) is 19.7. The number of carbonyl (C=O) groups excluding carboxylic acids is 1. The van der Waals surface area contributed by atoms with Crippen LogP contribution in [0.1, 0.15) is 18.4 Å². The van der Waals surface area contributed by atoms with Crippen molar-refractivity contribution in [2.45, 2.75) is 24.6 Å². The van der Waals surface area contributed by atoms with Gasteiger partial charge in [0, 0.05) is 50.7 Å². The summed E-state index contributed by atoms with van der Waals surface area (Å²) in [5, 5.41) is 7.67. The summed E-state index contributed by atoms with van der Waals surface area (Å²) in [7, 11) is 0. The Morgan fingerprint density at radius 1 is 1.11 bits per heavy atom. The molecule has 3 fully saturated rings. The highest BCUT2D eigenvalue weighted by Gasteiger charge is 2.33. The van der Waals surface area contributed by atoms with Crippen LogP contribution in [0, 0.1) is 0 Å². The summed E-state index contributed by atoms with van der Waals surface area (Å²) in [4.78, 5) is 16.4. The Balaban J connectivity index is 1.17. The summed E-state index contributed by atoms with van der Waals surface area (Å²) in [6.45, 7) is 4.89. The molecule has 0 saturated carbocycles. The zero-order valence-corrected chi connectivity index (χ0v) is 19.7. The van der Waals surface area contributed by atoms with Crippen molar-refractivity contribution in [1.82, 2.24) is 19.8 Å². The van der Waals surface area contributed by atoms with Gasteiger partial charge in [-0.05, 0) is 42.6 Å². The van der Waals surface area contributed by atoms with Gasteiger partial charge in [-0.25, -0.2) is 13.7 Å². The van der Waals surface area contributed by atoms with Crippen LogP contribution in [0.25, 0.3) is 16.6 Å². The minimum atomic E-state index is -1.29. The number of ether oxygens (including phenoxy) is 2. The third-order valence-corrected chi connectivity index (χ3v) is 7.31. The van der Waals surface area contributed by atoms with E-state index in [0.717, 1.165) is 53.9 Å². The van der Waals surface area contributed by atoms with E-state index in [1.165, 1.54) is 0 Å². The van der Waals surface area contributed by atoms with Crippen LogP contribution in [-0.4, -0.2) is 79.2 Å². The molecular formula is C26H30FN5O3. The van der Waals surface area contributed by atoms with Gasteiger partial charge in [0.25, 0.3) is 0 Å². The minimum absolute atomic E-state index is 0.108. The molecule has 184 valence electrons. The van der Waals surface area contributed by atoms with E-state index in [1.807, 2.05) is 41.0 Å². The molecule has 3 aliphatic rings. The fourth-order valence-electron chi connectivity index (χ4n) is 5.13. The van der Waals surface area contributed by atoms with E-state index >= 15 is 4.39 Å². The number of fused-ring (bicyclic) bond motifs is 1. The van der Waals surface area contributed by atoms with Gasteiger partial charge in [-0.2, -0.15) is 5.10 Å². The monoisotopic (exact) mass is 479 g/mol. The Morgan fingerprint density at radius 3 is 2.60 bits per heavy atom. The molecule has 1 amide bonds. The lowest BCUT2D eigenvalue weighted by Crippen LogP contribution is -2.51. The van der Waals surface area contributed by atoms with Gasteiger partial charge in [0.15, 0.2) is 6.10 Å². The van der Waals surface area contributed by atoms with Crippen LogP contribution in [-0.2, 0) is 15.1 Å². The molecule has 5 heterocycles. The number of benzene rings is 1. The van der Waals surface area contributed by atoms with Crippen LogP contribution in [0.5, 0.6) is 0 Å². The zero-order chi connectivity index (χ0) is 23.8. The fraction of sp³-hybridized carbons (Fsp3) is 0.462. The van der Waals surface area contributed by atoms with Gasteiger partial charge in [-0.15, -0.1) is 0 Å². The van der Waals surface area contributed by atoms with Crippen LogP contribution in [0.15, 0.2) is 48.8 Å². The smallest absolute Gasteiger partial charge is 0.410 e. The number of amides is 1. The average Bonchev–Trinajstić information content (AvgIpc) is 3.31. The van der Waals surface area contributed by atoms with Crippen molar-refractivity contribution in [1.29, 1.82) is 0 Å². The molecule has 1 N–H and O–H groups in total. The number of anilines is 1. The third kappa shape index (κ3) is 4.34. The number of hydrogen-bond acceptors (Lipinski definition) is 6. The number of piperazine rings is 1. The van der Waals surface area contributed by atoms with E-state index in [0.29, 0.717) is 39.3 Å². The Morgan fingerprint density at radius 2 is 1.91 bits per heavy atom. The molecule has 0 bridgehead atoms. The molecule has 3 aromatic rings. The molecule has 2 aromatic heterocycles. The van der Waals surface area contributed by atoms with Crippen molar-refractivity contribution in [3.63, 3.8) is 0 Å². The average molecular weight is 480 g/mol. The molecule has 9 heteroatoms. The number of aromatic nitrogens is 2. The molecular weight excluding hydrogens is 449 g/mol. The van der Waals surface area contributed by atoms with Gasteiger partial charge in [0.05, 0.1) is 24.4 Å². The van der Waals surface area contributed by atoms with Crippen LogP contribution in [0.3, 0.4) is 0 Å². The maximum absolute atomic E-state index is 15.3. The molecule has 1 atom stereocenters. The highest BCUT2D eigenvalue weighted by Crippen LogP contribution is 2.35. The second-order valence-corrected chi connectivity index (χ2v) is 9.62. The number of nitrogens with one attached hydrogen (secondary N) is 1. The number of piperidine rings is 1. The SMILES string of the molecule is O=C(OC1COC1)N1CCN(c2ccnn3cc(-c4ccc([C@]5(F)CCCNC5)cc4)cc23)CC1. The third-order valence-electron chi connectivity index (χ3n) is 7.31. The molecule has 0 radical (unpaired) electrons. The second-order valence-electron chi connectivity index (χ2n) is 9.62. The van der Waals surface area contributed by atoms with Gasteiger partial charge in [0.2, 0.25) is 0 Å². The highest BCUT2D eigenvalue weighted by molar-refractivity contribution is 5.80. The molecule has 0 unspecified atom stereocenters. The number of carbonyl (C=O) groups is 1. The highest BCUT2D eigenvalue weighted by atomic mass is 19.1. The van der Waals surface area contributed by atoms with Gasteiger partial charge in [0.1, 0.15) is 5.67 Å². The number of hydrogen-bond donors (Lipinski definition) is 1. The summed E-state index contributed by atoms with van der Waals surface area (Å²) >= 11 is 0. The maximum Gasteiger partial charge on any atom is 0.410 e. The lowest BCUT2D eigenvalue weighted by Gasteiger charge is -2.37. The predicted octanol–water partition coefficient (Wildman–Crippen LogP) is 3.21. The summed E-state index contributed by atoms with van der Waals surface area (Å²) in [5.41, 5.74) is 3.60. The van der Waals surface area contributed by atoms with Crippen LogP contribution in [0.4, 0.5) is 14.9 Å². The Labute approximate surface area is 203 Å². The first-order chi connectivity index (χ1) is 17.1. The van der Waals surface area contributed by atoms with E-state index in [1.54, 1.807) is 11.1 Å². The Kier molecular flexibility index (Phi) is 5.82. The van der Waals surface area contributed by atoms with E-state index < -0.39 is 5.67 Å². The Hall–Kier alpha value is -3.17. The first kappa shape index (κ1) is 22.3. The van der Waals surface area contributed by atoms with Crippen LogP contribution >= 0.6 is 0 Å². The predicted molar refractivity (Wildman–Crippen MR) is 130 cm³/mol. The summed E-state index contributed by atoms with van der Waals surface area (Å²) in [6.07, 6.45) is 4.85. The summed E-state index contributed by atoms with van der Waals surface area (Å²) in [5.74, 6) is 0. The maximum atomic E-state index is 15.3. The van der Waals surface area contributed by atoms with Gasteiger partial charge in [-0.1, -0.05) is 24.3 Å². The summed E-state index contributed by atoms with van der Waals surface area (Å²) < 4.78 is 27.7. The minimum Gasteiger partial charge on any atom is -0.441 e. The lowest BCUT2D eigenvalue weighted by atomic mass is 9.87. The van der Waals surface area contributed by atoms with Crippen molar-refractivity contribution in [3.05, 3.63) is 54.4 Å². The first-order valence-corrected chi connectivity index (χ1v) is 12.4. The molecule has 8 nitrogen and oxygen atoms in total. The summed E-state index contributed by atoms with van der Waals surface area (Å²) in [6, 6.07) is 12.0. The number of rotatable bonds is 4. The molecule has 3 aliphatic heterocycles. The van der Waals surface area contributed by atoms with E-state index in [4.69, 9.17) is 9.47 Å². The number of alkyl halides is 1. The van der Waals surface area contributed by atoms with E-state index in [9.17, 15) is 4.79 Å². The molecule has 0 spiro atoms. The Bertz CT molecular complexity index is 1200. The molecule has 35 heavy (non-hydrogen) atoms. The largest absolute Gasteiger partial charge is 0.441 e. The van der Waals surface area contributed by atoms with Gasteiger partial charge >= 0.3 is 6.09 Å². The van der Waals surface area contributed by atoms with E-state index in [2.05, 4.69) is 21.4 Å². The van der Waals surface area contributed by atoms with Crippen molar-refractivity contribution in [2.75, 3.05) is 57.4 Å². The molecule has 3 saturated heterocycles. The quantitative estimate of drug-likeness (QED) is 0.620. The molecule has 6 rings (SSSR count). The lowest BCUT2D eigenvalue weighted by molar-refractivity contribution is -0.104. The first-order valence-electron chi connectivity index (χ1n) is 12.4. The number of halogens is 1.